The molecule has 0 saturated carbocycles. The van der Waals surface area contributed by atoms with E-state index in [2.05, 4.69) is 51.3 Å². The van der Waals surface area contributed by atoms with Crippen LogP contribution in [0.15, 0.2) is 88.6 Å². The van der Waals surface area contributed by atoms with Crippen LogP contribution in [0.5, 0.6) is 0 Å². The van der Waals surface area contributed by atoms with Crippen LogP contribution in [0.3, 0.4) is 0 Å². The number of carbonyl (C=O) groups is 1. The Kier molecular flexibility index (Phi) is 8.51. The third-order valence-electron chi connectivity index (χ3n) is 7.19. The molecule has 5 aromatic rings. The summed E-state index contributed by atoms with van der Waals surface area (Å²) in [5.74, 6) is 1.45. The van der Waals surface area contributed by atoms with Crippen LogP contribution in [0, 0.1) is 6.92 Å². The molecule has 42 heavy (non-hydrogen) atoms. The molecule has 1 fully saturated rings. The number of hydrogen-bond acceptors (Lipinski definition) is 7. The van der Waals surface area contributed by atoms with Crippen molar-refractivity contribution in [2.45, 2.75) is 24.3 Å². The molecule has 0 atom stereocenters. The molecule has 6 rings (SSSR count). The molecule has 0 spiro atoms. The number of amides is 1. The maximum atomic E-state index is 13.2. The number of aryl methyl sites for hydroxylation is 1. The molecule has 1 amide bonds. The number of rotatable bonds is 8. The number of oxazole rings is 1. The number of carbonyl (C=O) groups excluding carboxylic acids is 1. The van der Waals surface area contributed by atoms with E-state index in [0.717, 1.165) is 30.2 Å². The van der Waals surface area contributed by atoms with Crippen LogP contribution in [0.25, 0.3) is 5.69 Å². The van der Waals surface area contributed by atoms with Crippen molar-refractivity contribution in [3.8, 4) is 5.69 Å². The van der Waals surface area contributed by atoms with Crippen molar-refractivity contribution in [3.63, 3.8) is 0 Å². The summed E-state index contributed by atoms with van der Waals surface area (Å²) in [6.45, 7) is 4.90. The lowest BCUT2D eigenvalue weighted by Gasteiger charge is -2.36. The fourth-order valence-electron chi connectivity index (χ4n) is 5.00. The van der Waals surface area contributed by atoms with Gasteiger partial charge in [0.15, 0.2) is 10.9 Å². The van der Waals surface area contributed by atoms with Crippen LogP contribution in [-0.4, -0.2) is 56.7 Å². The van der Waals surface area contributed by atoms with Gasteiger partial charge in [-0.15, -0.1) is 10.2 Å². The van der Waals surface area contributed by atoms with Gasteiger partial charge in [0.1, 0.15) is 12.1 Å². The third-order valence-corrected chi connectivity index (χ3v) is 8.84. The quantitative estimate of drug-likeness (QED) is 0.179. The van der Waals surface area contributed by atoms with Gasteiger partial charge < -0.3 is 14.2 Å². The fourth-order valence-corrected chi connectivity index (χ4v) is 6.12. The highest BCUT2D eigenvalue weighted by atomic mass is 35.5. The number of hydrogen-bond donors (Lipinski definition) is 0. The molecule has 8 nitrogen and oxygen atoms in total. The molecule has 0 aliphatic carbocycles. The Morgan fingerprint density at radius 2 is 1.69 bits per heavy atom. The van der Waals surface area contributed by atoms with E-state index in [1.165, 1.54) is 29.3 Å². The van der Waals surface area contributed by atoms with Crippen LogP contribution in [0.2, 0.25) is 10.0 Å². The number of benzene rings is 3. The standard InChI is InChI=1S/C31H28Cl2N6O2S/c1-21-7-5-6-10-27(21)37-13-15-38(16-14-37)30(40)26-19-41-29(34-26)20-42-31-36-35-28(17-22-8-3-2-4-9-22)39(31)23-11-12-24(32)25(33)18-23/h2-12,18-19H,13-17,20H2,1H3. The minimum Gasteiger partial charge on any atom is -0.447 e. The maximum absolute atomic E-state index is 13.2. The zero-order valence-corrected chi connectivity index (χ0v) is 25.2. The van der Waals surface area contributed by atoms with Crippen LogP contribution < -0.4 is 4.90 Å². The van der Waals surface area contributed by atoms with Gasteiger partial charge >= 0.3 is 0 Å². The first-order valence-corrected chi connectivity index (χ1v) is 15.3. The zero-order chi connectivity index (χ0) is 29.1. The Labute approximate surface area is 258 Å². The summed E-state index contributed by atoms with van der Waals surface area (Å²) in [5, 5.41) is 10.5. The van der Waals surface area contributed by atoms with Crippen molar-refractivity contribution >= 4 is 46.6 Å². The van der Waals surface area contributed by atoms with Gasteiger partial charge in [0.2, 0.25) is 5.89 Å². The number of halogens is 2. The highest BCUT2D eigenvalue weighted by Gasteiger charge is 2.25. The first-order chi connectivity index (χ1) is 20.5. The van der Waals surface area contributed by atoms with Crippen molar-refractivity contribution < 1.29 is 9.21 Å². The van der Waals surface area contributed by atoms with E-state index in [1.807, 2.05) is 45.9 Å². The smallest absolute Gasteiger partial charge is 0.275 e. The average Bonchev–Trinajstić information content (AvgIpc) is 3.65. The molecular weight excluding hydrogens is 591 g/mol. The minimum absolute atomic E-state index is 0.122. The Balaban J connectivity index is 1.14. The maximum Gasteiger partial charge on any atom is 0.275 e. The molecule has 0 radical (unpaired) electrons. The fraction of sp³-hybridized carbons (Fsp3) is 0.226. The van der Waals surface area contributed by atoms with Crippen molar-refractivity contribution in [2.24, 2.45) is 0 Å². The summed E-state index contributed by atoms with van der Waals surface area (Å²) >= 11 is 14.0. The molecule has 2 aromatic heterocycles. The summed E-state index contributed by atoms with van der Waals surface area (Å²) < 4.78 is 7.66. The van der Waals surface area contributed by atoms with Crippen molar-refractivity contribution in [1.29, 1.82) is 0 Å². The molecule has 3 heterocycles. The third kappa shape index (κ3) is 6.18. The monoisotopic (exact) mass is 618 g/mol. The lowest BCUT2D eigenvalue weighted by atomic mass is 10.1. The molecule has 0 N–H and O–H groups in total. The Morgan fingerprint density at radius 3 is 2.45 bits per heavy atom. The predicted octanol–water partition coefficient (Wildman–Crippen LogP) is 6.72. The van der Waals surface area contributed by atoms with Crippen LogP contribution in [-0.2, 0) is 12.2 Å². The summed E-state index contributed by atoms with van der Waals surface area (Å²) in [5.41, 5.74) is 4.67. The van der Waals surface area contributed by atoms with E-state index in [4.69, 9.17) is 27.6 Å². The largest absolute Gasteiger partial charge is 0.447 e. The second-order valence-corrected chi connectivity index (χ2v) is 11.7. The van der Waals surface area contributed by atoms with E-state index in [1.54, 1.807) is 12.1 Å². The predicted molar refractivity (Wildman–Crippen MR) is 166 cm³/mol. The summed E-state index contributed by atoms with van der Waals surface area (Å²) in [7, 11) is 0. The number of thioether (sulfide) groups is 1. The SMILES string of the molecule is Cc1ccccc1N1CCN(C(=O)c2coc(CSc3nnc(Cc4ccccc4)n3-c3ccc(Cl)c(Cl)c3)n2)CC1. The molecule has 11 heteroatoms. The second-order valence-electron chi connectivity index (χ2n) is 9.98. The van der Waals surface area contributed by atoms with Gasteiger partial charge in [0.05, 0.1) is 21.5 Å². The first-order valence-electron chi connectivity index (χ1n) is 13.6. The van der Waals surface area contributed by atoms with Crippen molar-refractivity contribution in [3.05, 3.63) is 118 Å². The van der Waals surface area contributed by atoms with E-state index in [0.29, 0.717) is 52.0 Å². The van der Waals surface area contributed by atoms with Crippen molar-refractivity contribution in [2.75, 3.05) is 31.1 Å². The molecule has 1 saturated heterocycles. The van der Waals surface area contributed by atoms with Crippen LogP contribution in [0.1, 0.15) is 33.3 Å². The van der Waals surface area contributed by atoms with Crippen LogP contribution in [0.4, 0.5) is 5.69 Å². The number of piperazine rings is 1. The molecule has 3 aromatic carbocycles. The van der Waals surface area contributed by atoms with Crippen molar-refractivity contribution in [1.82, 2.24) is 24.6 Å². The minimum atomic E-state index is -0.122. The van der Waals surface area contributed by atoms with Crippen LogP contribution >= 0.6 is 35.0 Å². The van der Waals surface area contributed by atoms with E-state index < -0.39 is 0 Å². The van der Waals surface area contributed by atoms with E-state index in [-0.39, 0.29) is 5.91 Å². The van der Waals surface area contributed by atoms with Gasteiger partial charge in [-0.05, 0) is 42.3 Å². The normalized spacial score (nSPS) is 13.5. The Bertz CT molecular complexity index is 1700. The van der Waals surface area contributed by atoms with E-state index in [9.17, 15) is 4.79 Å². The average molecular weight is 620 g/mol. The molecule has 1 aliphatic heterocycles. The van der Waals surface area contributed by atoms with Gasteiger partial charge in [-0.3, -0.25) is 9.36 Å². The highest BCUT2D eigenvalue weighted by Crippen LogP contribution is 2.30. The number of anilines is 1. The molecule has 0 unspecified atom stereocenters. The van der Waals surface area contributed by atoms with Gasteiger partial charge in [-0.1, -0.05) is 83.5 Å². The lowest BCUT2D eigenvalue weighted by Crippen LogP contribution is -2.49. The summed E-state index contributed by atoms with van der Waals surface area (Å²) in [6.07, 6.45) is 2.03. The topological polar surface area (TPSA) is 80.3 Å². The highest BCUT2D eigenvalue weighted by molar-refractivity contribution is 7.98. The van der Waals surface area contributed by atoms with Gasteiger partial charge in [0, 0.05) is 38.3 Å². The Hall–Kier alpha value is -3.79. The molecular formula is C31H28Cl2N6O2S. The molecule has 214 valence electrons. The van der Waals surface area contributed by atoms with Gasteiger partial charge in [-0.25, -0.2) is 4.98 Å². The first kappa shape index (κ1) is 28.3. The number of aromatic nitrogens is 4. The summed E-state index contributed by atoms with van der Waals surface area (Å²) in [4.78, 5) is 21.9. The second kappa shape index (κ2) is 12.6. The number of nitrogens with zero attached hydrogens (tertiary/aromatic N) is 6. The summed E-state index contributed by atoms with van der Waals surface area (Å²) in [6, 6.07) is 23.8. The zero-order valence-electron chi connectivity index (χ0n) is 22.9. The lowest BCUT2D eigenvalue weighted by molar-refractivity contribution is 0.0740. The molecule has 0 bridgehead atoms. The van der Waals surface area contributed by atoms with Gasteiger partial charge in [-0.2, -0.15) is 0 Å². The van der Waals surface area contributed by atoms with E-state index >= 15 is 0 Å². The Morgan fingerprint density at radius 1 is 0.929 bits per heavy atom. The molecule has 1 aliphatic rings. The number of para-hydroxylation sites is 1. The van der Waals surface area contributed by atoms with Gasteiger partial charge in [0.25, 0.3) is 5.91 Å².